The lowest BCUT2D eigenvalue weighted by Gasteiger charge is -2.46. The molecule has 0 amide bonds. The van der Waals surface area contributed by atoms with Crippen molar-refractivity contribution in [2.45, 2.75) is 38.1 Å². The Morgan fingerprint density at radius 2 is 2.12 bits per heavy atom. The Balaban J connectivity index is 1.40. The normalized spacial score (nSPS) is 24.7. The number of nitriles is 1. The van der Waals surface area contributed by atoms with Crippen LogP contribution in [0.15, 0.2) is 28.8 Å². The molecule has 0 bridgehead atoms. The van der Waals surface area contributed by atoms with Crippen LogP contribution in [0.3, 0.4) is 0 Å². The smallest absolute Gasteiger partial charge is 0.180 e. The summed E-state index contributed by atoms with van der Waals surface area (Å²) in [5.41, 5.74) is 0.871. The number of benzene rings is 1. The minimum Gasteiger partial charge on any atom is -0.354 e. The molecule has 5 heteroatoms. The van der Waals surface area contributed by atoms with Gasteiger partial charge in [-0.25, -0.2) is 0 Å². The number of piperidine rings is 1. The first-order chi connectivity index (χ1) is 11.8. The maximum atomic E-state index is 8.70. The summed E-state index contributed by atoms with van der Waals surface area (Å²) >= 11 is 0. The molecule has 2 fully saturated rings. The number of rotatable bonds is 4. The molecule has 24 heavy (non-hydrogen) atoms. The van der Waals surface area contributed by atoms with Gasteiger partial charge in [-0.2, -0.15) is 5.26 Å². The van der Waals surface area contributed by atoms with Crippen LogP contribution in [-0.4, -0.2) is 42.3 Å². The third-order valence-corrected chi connectivity index (χ3v) is 5.56. The Hall–Kier alpha value is -2.06. The zero-order valence-electron chi connectivity index (χ0n) is 14.0. The molecule has 2 saturated heterocycles. The van der Waals surface area contributed by atoms with E-state index in [1.165, 1.54) is 25.8 Å². The second kappa shape index (κ2) is 6.82. The van der Waals surface area contributed by atoms with Crippen molar-refractivity contribution in [1.29, 1.82) is 5.26 Å². The summed E-state index contributed by atoms with van der Waals surface area (Å²) in [7, 11) is 0. The highest BCUT2D eigenvalue weighted by atomic mass is 16.5. The molecule has 0 spiro atoms. The maximum Gasteiger partial charge on any atom is 0.180 e. The van der Waals surface area contributed by atoms with Crippen molar-refractivity contribution in [3.8, 4) is 6.07 Å². The summed E-state index contributed by atoms with van der Waals surface area (Å²) in [6, 6.07) is 11.0. The number of fused-ring (bicyclic) bond motifs is 2. The first-order valence-corrected chi connectivity index (χ1v) is 9.05. The fourth-order valence-corrected chi connectivity index (χ4v) is 4.26. The molecule has 1 aromatic heterocycles. The quantitative estimate of drug-likeness (QED) is 0.807. The van der Waals surface area contributed by atoms with E-state index < -0.39 is 0 Å². The average Bonchev–Trinajstić information content (AvgIpc) is 3.05. The number of anilines is 1. The van der Waals surface area contributed by atoms with Gasteiger partial charge in [0.25, 0.3) is 0 Å². The molecule has 3 heterocycles. The van der Waals surface area contributed by atoms with E-state index in [2.05, 4.69) is 27.1 Å². The van der Waals surface area contributed by atoms with E-state index in [4.69, 9.17) is 9.78 Å². The second-order valence-corrected chi connectivity index (χ2v) is 7.09. The molecule has 2 aliphatic heterocycles. The zero-order valence-corrected chi connectivity index (χ0v) is 14.0. The number of hydrogen-bond acceptors (Lipinski definition) is 5. The number of hydrogen-bond donors (Lipinski definition) is 0. The summed E-state index contributed by atoms with van der Waals surface area (Å²) in [4.78, 5) is 5.04. The average molecular weight is 324 g/mol. The molecule has 2 aromatic rings. The minimum absolute atomic E-state index is 0.626. The Kier molecular flexibility index (Phi) is 4.40. The van der Waals surface area contributed by atoms with Crippen molar-refractivity contribution < 1.29 is 4.52 Å². The van der Waals surface area contributed by atoms with E-state index in [1.807, 2.05) is 18.2 Å². The van der Waals surface area contributed by atoms with Gasteiger partial charge in [-0.1, -0.05) is 17.3 Å². The lowest BCUT2D eigenvalue weighted by molar-refractivity contribution is 0.0913. The molecule has 126 valence electrons. The van der Waals surface area contributed by atoms with Crippen molar-refractivity contribution in [2.75, 3.05) is 31.1 Å². The largest absolute Gasteiger partial charge is 0.354 e. The van der Waals surface area contributed by atoms with Gasteiger partial charge in [-0.3, -0.25) is 4.90 Å². The highest BCUT2D eigenvalue weighted by Crippen LogP contribution is 2.32. The molecule has 5 nitrogen and oxygen atoms in total. The molecule has 0 N–H and O–H groups in total. The summed E-state index contributed by atoms with van der Waals surface area (Å²) in [5, 5.41) is 14.1. The van der Waals surface area contributed by atoms with E-state index in [0.717, 1.165) is 48.8 Å². The summed E-state index contributed by atoms with van der Waals surface area (Å²) < 4.78 is 5.48. The van der Waals surface area contributed by atoms with Crippen molar-refractivity contribution in [1.82, 2.24) is 10.1 Å². The third-order valence-electron chi connectivity index (χ3n) is 5.56. The molecule has 2 atom stereocenters. The molecule has 2 aliphatic rings. The molecule has 0 aliphatic carbocycles. The van der Waals surface area contributed by atoms with Gasteiger partial charge >= 0.3 is 0 Å². The number of piperazine rings is 1. The second-order valence-electron chi connectivity index (χ2n) is 7.09. The van der Waals surface area contributed by atoms with E-state index in [0.29, 0.717) is 12.5 Å². The maximum absolute atomic E-state index is 8.70. The molecular weight excluding hydrogens is 300 g/mol. The number of para-hydroxylation sites is 1. The SMILES string of the molecule is N#CCCCC1CCC2CN(c3noc4ccccc34)CCN2C1. The molecule has 0 radical (unpaired) electrons. The Morgan fingerprint density at radius 1 is 1.21 bits per heavy atom. The van der Waals surface area contributed by atoms with Crippen LogP contribution in [0, 0.1) is 17.2 Å². The number of nitrogens with zero attached hydrogens (tertiary/aromatic N) is 4. The van der Waals surface area contributed by atoms with Crippen molar-refractivity contribution in [3.63, 3.8) is 0 Å². The zero-order chi connectivity index (χ0) is 16.4. The van der Waals surface area contributed by atoms with Gasteiger partial charge in [0.05, 0.1) is 11.5 Å². The Morgan fingerprint density at radius 3 is 3.04 bits per heavy atom. The van der Waals surface area contributed by atoms with Gasteiger partial charge in [0.1, 0.15) is 0 Å². The number of unbranched alkanes of at least 4 members (excludes halogenated alkanes) is 1. The van der Waals surface area contributed by atoms with E-state index in [-0.39, 0.29) is 0 Å². The fourth-order valence-electron chi connectivity index (χ4n) is 4.26. The highest BCUT2D eigenvalue weighted by Gasteiger charge is 2.33. The molecule has 4 rings (SSSR count). The van der Waals surface area contributed by atoms with Crippen LogP contribution in [-0.2, 0) is 0 Å². The number of aromatic nitrogens is 1. The van der Waals surface area contributed by atoms with Crippen LogP contribution in [0.25, 0.3) is 11.0 Å². The third kappa shape index (κ3) is 2.99. The lowest BCUT2D eigenvalue weighted by Crippen LogP contribution is -2.56. The van der Waals surface area contributed by atoms with Gasteiger partial charge in [0.15, 0.2) is 11.4 Å². The van der Waals surface area contributed by atoms with Gasteiger partial charge in [0, 0.05) is 38.6 Å². The fraction of sp³-hybridized carbons (Fsp3) is 0.579. The minimum atomic E-state index is 0.626. The predicted molar refractivity (Wildman–Crippen MR) is 93.8 cm³/mol. The molecular formula is C19H24N4O. The van der Waals surface area contributed by atoms with Crippen LogP contribution in [0.2, 0.25) is 0 Å². The molecule has 1 aromatic carbocycles. The summed E-state index contributed by atoms with van der Waals surface area (Å²) in [6.07, 6.45) is 5.50. The van der Waals surface area contributed by atoms with E-state index in [1.54, 1.807) is 0 Å². The Labute approximate surface area is 142 Å². The highest BCUT2D eigenvalue weighted by molar-refractivity contribution is 5.88. The topological polar surface area (TPSA) is 56.3 Å². The van der Waals surface area contributed by atoms with Gasteiger partial charge in [-0.05, 0) is 43.7 Å². The van der Waals surface area contributed by atoms with Crippen LogP contribution in [0.4, 0.5) is 5.82 Å². The Bertz CT molecular complexity index is 734. The summed E-state index contributed by atoms with van der Waals surface area (Å²) in [5.74, 6) is 1.77. The van der Waals surface area contributed by atoms with Gasteiger partial charge in [0.2, 0.25) is 0 Å². The monoisotopic (exact) mass is 324 g/mol. The molecule has 0 saturated carbocycles. The van der Waals surface area contributed by atoms with Crippen molar-refractivity contribution in [3.05, 3.63) is 24.3 Å². The standard InChI is InChI=1S/C19H24N4O/c20-10-4-3-5-15-8-9-16-14-23(12-11-22(16)13-15)19-17-6-1-2-7-18(17)24-21-19/h1-2,6-7,15-16H,3-5,8-9,11-14H2. The first-order valence-electron chi connectivity index (χ1n) is 9.05. The molecule has 2 unspecified atom stereocenters. The van der Waals surface area contributed by atoms with Crippen LogP contribution >= 0.6 is 0 Å². The first kappa shape index (κ1) is 15.5. The van der Waals surface area contributed by atoms with E-state index >= 15 is 0 Å². The van der Waals surface area contributed by atoms with Crippen LogP contribution < -0.4 is 4.90 Å². The van der Waals surface area contributed by atoms with Gasteiger partial charge < -0.3 is 9.42 Å². The van der Waals surface area contributed by atoms with Crippen LogP contribution in [0.1, 0.15) is 32.1 Å². The van der Waals surface area contributed by atoms with Crippen molar-refractivity contribution in [2.24, 2.45) is 5.92 Å². The van der Waals surface area contributed by atoms with Gasteiger partial charge in [-0.15, -0.1) is 0 Å². The van der Waals surface area contributed by atoms with E-state index in [9.17, 15) is 0 Å². The lowest BCUT2D eigenvalue weighted by atomic mass is 9.88. The van der Waals surface area contributed by atoms with Crippen molar-refractivity contribution >= 4 is 16.8 Å². The predicted octanol–water partition coefficient (Wildman–Crippen LogP) is 3.42. The summed E-state index contributed by atoms with van der Waals surface area (Å²) in [6.45, 7) is 4.35. The van der Waals surface area contributed by atoms with Crippen LogP contribution in [0.5, 0.6) is 0 Å².